The van der Waals surface area contributed by atoms with Gasteiger partial charge in [0.1, 0.15) is 22.9 Å². The van der Waals surface area contributed by atoms with Crippen molar-refractivity contribution in [1.29, 1.82) is 0 Å². The quantitative estimate of drug-likeness (QED) is 0.139. The number of nitrogens with one attached hydrogen (secondary N) is 4. The molecule has 4 aromatic rings. The van der Waals surface area contributed by atoms with Gasteiger partial charge in [0, 0.05) is 0 Å². The number of carbonyl (C=O) groups excluding carboxylic acids is 2. The van der Waals surface area contributed by atoms with E-state index in [1.807, 2.05) is 53.9 Å². The first-order valence-corrected chi connectivity index (χ1v) is 17.8. The molecule has 2 aromatic carbocycles. The summed E-state index contributed by atoms with van der Waals surface area (Å²) in [5.74, 6) is 1.48. The molecule has 2 aliphatic rings. The Morgan fingerprint density at radius 2 is 0.940 bits per heavy atom. The average molecular weight is 681 g/mol. The highest BCUT2D eigenvalue weighted by Crippen LogP contribution is 2.50. The lowest BCUT2D eigenvalue weighted by molar-refractivity contribution is 0.0330. The van der Waals surface area contributed by atoms with Crippen LogP contribution in [0.15, 0.2) is 60.9 Å². The van der Waals surface area contributed by atoms with Crippen LogP contribution >= 0.6 is 0 Å². The van der Waals surface area contributed by atoms with E-state index in [1.165, 1.54) is 0 Å². The average Bonchev–Trinajstić information content (AvgIpc) is 3.70. The summed E-state index contributed by atoms with van der Waals surface area (Å²) in [7, 11) is 0. The molecule has 2 aliphatic carbocycles. The SMILES string of the molecule is CC(C)(C)OC(=O)N[C@H](c1ncc(-c2ccc(-c3ccc(-c4cnc([C@@H](NC(=O)OC(C)(C)C)C5(C)CCC5)[nH]4)cc3)cc2)[nH]1)C1(C)CCC1. The minimum absolute atomic E-state index is 0.0762. The van der Waals surface area contributed by atoms with Crippen molar-refractivity contribution in [2.45, 2.75) is 117 Å². The normalized spacial score (nSPS) is 17.8. The molecule has 4 N–H and O–H groups in total. The van der Waals surface area contributed by atoms with Gasteiger partial charge in [0.2, 0.25) is 0 Å². The Hall–Kier alpha value is -4.60. The summed E-state index contributed by atoms with van der Waals surface area (Å²) in [5, 5.41) is 6.19. The summed E-state index contributed by atoms with van der Waals surface area (Å²) in [4.78, 5) is 41.9. The number of hydrogen-bond donors (Lipinski definition) is 4. The molecule has 0 radical (unpaired) electrons. The summed E-state index contributed by atoms with van der Waals surface area (Å²) < 4.78 is 11.1. The van der Waals surface area contributed by atoms with Crippen LogP contribution in [-0.2, 0) is 9.47 Å². The molecule has 0 spiro atoms. The monoisotopic (exact) mass is 680 g/mol. The van der Waals surface area contributed by atoms with E-state index < -0.39 is 23.4 Å². The van der Waals surface area contributed by atoms with Crippen LogP contribution in [0, 0.1) is 10.8 Å². The summed E-state index contributed by atoms with van der Waals surface area (Å²) in [5.41, 5.74) is 4.70. The lowest BCUT2D eigenvalue weighted by Crippen LogP contribution is -2.45. The summed E-state index contributed by atoms with van der Waals surface area (Å²) >= 11 is 0. The van der Waals surface area contributed by atoms with Gasteiger partial charge in [-0.3, -0.25) is 0 Å². The van der Waals surface area contributed by atoms with E-state index in [-0.39, 0.29) is 22.9 Å². The molecule has 2 atom stereocenters. The molecular formula is C40H52N6O4. The third kappa shape index (κ3) is 7.90. The van der Waals surface area contributed by atoms with Crippen LogP contribution in [0.1, 0.15) is 118 Å². The minimum Gasteiger partial charge on any atom is -0.444 e. The summed E-state index contributed by atoms with van der Waals surface area (Å²) in [6.45, 7) is 15.6. The van der Waals surface area contributed by atoms with Gasteiger partial charge < -0.3 is 30.1 Å². The van der Waals surface area contributed by atoms with E-state index in [0.29, 0.717) is 0 Å². The highest BCUT2D eigenvalue weighted by atomic mass is 16.6. The number of carbonyl (C=O) groups is 2. The highest BCUT2D eigenvalue weighted by Gasteiger charge is 2.44. The van der Waals surface area contributed by atoms with E-state index in [4.69, 9.17) is 19.4 Å². The summed E-state index contributed by atoms with van der Waals surface area (Å²) in [6.07, 6.45) is 9.15. The van der Waals surface area contributed by atoms with E-state index in [0.717, 1.165) is 83.8 Å². The Morgan fingerprint density at radius 1 is 0.620 bits per heavy atom. The Kier molecular flexibility index (Phi) is 9.35. The second-order valence-corrected chi connectivity index (χ2v) is 16.7. The predicted molar refractivity (Wildman–Crippen MR) is 195 cm³/mol. The van der Waals surface area contributed by atoms with Gasteiger partial charge in [0.05, 0.1) is 35.9 Å². The lowest BCUT2D eigenvalue weighted by atomic mass is 9.65. The molecule has 2 amide bonds. The van der Waals surface area contributed by atoms with Gasteiger partial charge in [-0.25, -0.2) is 19.6 Å². The van der Waals surface area contributed by atoms with Gasteiger partial charge >= 0.3 is 12.2 Å². The molecule has 2 heterocycles. The zero-order chi connectivity index (χ0) is 35.9. The maximum atomic E-state index is 12.7. The molecule has 0 saturated heterocycles. The topological polar surface area (TPSA) is 134 Å². The second kappa shape index (κ2) is 13.3. The Morgan fingerprint density at radius 3 is 1.22 bits per heavy atom. The van der Waals surface area contributed by atoms with Crippen molar-refractivity contribution >= 4 is 12.2 Å². The van der Waals surface area contributed by atoms with Crippen LogP contribution < -0.4 is 10.6 Å². The molecule has 0 unspecified atom stereocenters. The lowest BCUT2D eigenvalue weighted by Gasteiger charge is -2.44. The van der Waals surface area contributed by atoms with Crippen LogP contribution in [0.5, 0.6) is 0 Å². The predicted octanol–water partition coefficient (Wildman–Crippen LogP) is 9.65. The molecule has 0 aliphatic heterocycles. The molecule has 266 valence electrons. The molecule has 2 aromatic heterocycles. The van der Waals surface area contributed by atoms with Crippen LogP contribution in [0.4, 0.5) is 9.59 Å². The fourth-order valence-corrected chi connectivity index (χ4v) is 6.99. The Balaban J connectivity index is 1.14. The maximum Gasteiger partial charge on any atom is 0.408 e. The van der Waals surface area contributed by atoms with Crippen molar-refractivity contribution in [3.05, 3.63) is 72.6 Å². The first kappa shape index (κ1) is 35.2. The number of aromatic nitrogens is 4. The van der Waals surface area contributed by atoms with E-state index >= 15 is 0 Å². The first-order valence-electron chi connectivity index (χ1n) is 17.8. The number of alkyl carbamates (subject to hydrolysis) is 2. The number of imidazole rings is 2. The number of hydrogen-bond acceptors (Lipinski definition) is 6. The fourth-order valence-electron chi connectivity index (χ4n) is 6.99. The maximum absolute atomic E-state index is 12.7. The van der Waals surface area contributed by atoms with Crippen molar-refractivity contribution < 1.29 is 19.1 Å². The molecule has 10 nitrogen and oxygen atoms in total. The molecule has 2 fully saturated rings. The standard InChI is InChI=1S/C40H52N6O4/c1-37(2,3)49-35(47)45-31(39(7)19-9-20-39)33-41-23-29(43-33)27-15-11-25(12-16-27)26-13-17-28(18-14-26)30-24-42-34(44-30)32(40(8)21-10-22-40)46-36(48)50-38(4,5)6/h11-18,23-24,31-32H,9-10,19-22H2,1-8H3,(H,41,43)(H,42,44)(H,45,47)(H,46,48)/t31-,32-/m1/s1. The number of H-pyrrole nitrogens is 2. The number of rotatable bonds is 9. The van der Waals surface area contributed by atoms with Crippen LogP contribution in [0.3, 0.4) is 0 Å². The number of benzene rings is 2. The minimum atomic E-state index is -0.576. The Labute approximate surface area is 295 Å². The van der Waals surface area contributed by atoms with Crippen molar-refractivity contribution in [3.8, 4) is 33.6 Å². The van der Waals surface area contributed by atoms with Gasteiger partial charge in [-0.05, 0) is 100 Å². The van der Waals surface area contributed by atoms with Gasteiger partial charge in [-0.1, -0.05) is 75.2 Å². The van der Waals surface area contributed by atoms with Crippen molar-refractivity contribution in [2.24, 2.45) is 10.8 Å². The van der Waals surface area contributed by atoms with Crippen LogP contribution in [0.2, 0.25) is 0 Å². The van der Waals surface area contributed by atoms with E-state index in [1.54, 1.807) is 0 Å². The largest absolute Gasteiger partial charge is 0.444 e. The fraction of sp³-hybridized carbons (Fsp3) is 0.500. The van der Waals surface area contributed by atoms with Crippen molar-refractivity contribution in [1.82, 2.24) is 30.6 Å². The third-order valence-corrected chi connectivity index (χ3v) is 10.2. The summed E-state index contributed by atoms with van der Waals surface area (Å²) in [6, 6.07) is 16.2. The van der Waals surface area contributed by atoms with Crippen molar-refractivity contribution in [2.75, 3.05) is 0 Å². The van der Waals surface area contributed by atoms with Crippen LogP contribution in [-0.4, -0.2) is 43.3 Å². The third-order valence-electron chi connectivity index (χ3n) is 10.2. The van der Waals surface area contributed by atoms with Gasteiger partial charge in [-0.15, -0.1) is 0 Å². The van der Waals surface area contributed by atoms with Crippen molar-refractivity contribution in [3.63, 3.8) is 0 Å². The first-order chi connectivity index (χ1) is 23.5. The number of ether oxygens (including phenoxy) is 2. The highest BCUT2D eigenvalue weighted by molar-refractivity contribution is 5.72. The molecular weight excluding hydrogens is 628 g/mol. The number of amides is 2. The number of aromatic amines is 2. The van der Waals surface area contributed by atoms with Crippen LogP contribution in [0.25, 0.3) is 33.6 Å². The molecule has 50 heavy (non-hydrogen) atoms. The van der Waals surface area contributed by atoms with Gasteiger partial charge in [0.25, 0.3) is 0 Å². The van der Waals surface area contributed by atoms with E-state index in [2.05, 4.69) is 83.0 Å². The van der Waals surface area contributed by atoms with Gasteiger partial charge in [0.15, 0.2) is 0 Å². The van der Waals surface area contributed by atoms with Gasteiger partial charge in [-0.2, -0.15) is 0 Å². The zero-order valence-electron chi connectivity index (χ0n) is 30.7. The zero-order valence-corrected chi connectivity index (χ0v) is 30.7. The molecule has 2 saturated carbocycles. The smallest absolute Gasteiger partial charge is 0.408 e. The molecule has 10 heteroatoms. The molecule has 6 rings (SSSR count). The number of nitrogens with zero attached hydrogens (tertiary/aromatic N) is 2. The molecule has 0 bridgehead atoms. The Bertz CT molecular complexity index is 1670. The second-order valence-electron chi connectivity index (χ2n) is 16.7. The van der Waals surface area contributed by atoms with E-state index in [9.17, 15) is 9.59 Å².